The Morgan fingerprint density at radius 2 is 1.74 bits per heavy atom. The molecule has 7 nitrogen and oxygen atoms in total. The van der Waals surface area contributed by atoms with Crippen LogP contribution in [0.25, 0.3) is 22.3 Å². The summed E-state index contributed by atoms with van der Waals surface area (Å²) in [6.07, 6.45) is 2.48. The first kappa shape index (κ1) is 19.2. The van der Waals surface area contributed by atoms with E-state index in [1.807, 2.05) is 0 Å². The molecule has 0 saturated carbocycles. The van der Waals surface area contributed by atoms with Gasteiger partial charge in [-0.2, -0.15) is 8.42 Å². The maximum absolute atomic E-state index is 14.4. The summed E-state index contributed by atoms with van der Waals surface area (Å²) in [4.78, 5) is 22.7. The number of nitrogens with one attached hydrogen (secondary N) is 1. The van der Waals surface area contributed by atoms with E-state index >= 15 is 0 Å². The fourth-order valence-electron chi connectivity index (χ4n) is 2.26. The molecule has 2 aromatic heterocycles. The maximum atomic E-state index is 14.4. The van der Waals surface area contributed by atoms with Crippen molar-refractivity contribution in [1.82, 2.24) is 15.0 Å². The molecule has 2 heterocycles. The Hall–Kier alpha value is -2.59. The summed E-state index contributed by atoms with van der Waals surface area (Å²) in [6, 6.07) is 1.54. The number of aromatic amines is 1. The fourth-order valence-corrected chi connectivity index (χ4v) is 3.10. The number of aromatic nitrogens is 3. The molecule has 0 saturated heterocycles. The summed E-state index contributed by atoms with van der Waals surface area (Å²) in [5.41, 5.74) is -2.46. The first-order chi connectivity index (χ1) is 12.6. The second kappa shape index (κ2) is 6.86. The average molecular weight is 416 g/mol. The van der Waals surface area contributed by atoms with E-state index in [1.54, 1.807) is 0 Å². The monoisotopic (exact) mass is 415 g/mol. The van der Waals surface area contributed by atoms with Crippen molar-refractivity contribution >= 4 is 32.9 Å². The van der Waals surface area contributed by atoms with Crippen molar-refractivity contribution in [3.05, 3.63) is 51.5 Å². The smallest absolute Gasteiger partial charge is 0.311 e. The van der Waals surface area contributed by atoms with Crippen LogP contribution < -0.4 is 9.74 Å². The van der Waals surface area contributed by atoms with Crippen LogP contribution in [0.4, 0.5) is 8.78 Å². The van der Waals surface area contributed by atoms with E-state index in [4.69, 9.17) is 15.8 Å². The molecule has 11 heteroatoms. The Kier molecular flexibility index (Phi) is 4.87. The number of halogens is 3. The van der Waals surface area contributed by atoms with Gasteiger partial charge in [0.05, 0.1) is 15.8 Å². The molecule has 0 spiro atoms. The third-order valence-corrected chi connectivity index (χ3v) is 5.59. The van der Waals surface area contributed by atoms with E-state index in [0.717, 1.165) is 12.1 Å². The van der Waals surface area contributed by atoms with Gasteiger partial charge in [0.15, 0.2) is 16.9 Å². The molecule has 0 fully saturated rings. The number of benzene rings is 1. The van der Waals surface area contributed by atoms with E-state index in [1.165, 1.54) is 26.2 Å². The van der Waals surface area contributed by atoms with Gasteiger partial charge in [-0.25, -0.2) is 18.7 Å². The van der Waals surface area contributed by atoms with Crippen LogP contribution in [0.5, 0.6) is 5.75 Å². The quantitative estimate of drug-likeness (QED) is 0.519. The molecule has 1 aromatic carbocycles. The zero-order chi connectivity index (χ0) is 19.9. The van der Waals surface area contributed by atoms with Gasteiger partial charge in [-0.05, 0) is 26.0 Å². The molecular formula is C16H12ClF2N3O4S. The van der Waals surface area contributed by atoms with Gasteiger partial charge in [0.1, 0.15) is 11.6 Å². The molecule has 0 aliphatic heterocycles. The molecule has 1 N–H and O–H groups in total. The first-order valence-electron chi connectivity index (χ1n) is 7.57. The lowest BCUT2D eigenvalue weighted by molar-refractivity contribution is 0.479. The number of nitrogens with zero attached hydrogens (tertiary/aromatic N) is 2. The van der Waals surface area contributed by atoms with Crippen molar-refractivity contribution < 1.29 is 21.4 Å². The lowest BCUT2D eigenvalue weighted by atomic mass is 10.0. The summed E-state index contributed by atoms with van der Waals surface area (Å²) in [5, 5.41) is -1.68. The second-order valence-corrected chi connectivity index (χ2v) is 8.23. The SMILES string of the molecule is CC(C)S(=O)(=O)Oc1c(-c2c(F)ccc(F)c2Cl)c(=O)[nH]c2nccnc12. The van der Waals surface area contributed by atoms with Crippen LogP contribution in [-0.4, -0.2) is 28.6 Å². The molecule has 0 radical (unpaired) electrons. The van der Waals surface area contributed by atoms with Crippen molar-refractivity contribution in [2.75, 3.05) is 0 Å². The van der Waals surface area contributed by atoms with Crippen molar-refractivity contribution in [2.24, 2.45) is 0 Å². The highest BCUT2D eigenvalue weighted by molar-refractivity contribution is 7.87. The first-order valence-corrected chi connectivity index (χ1v) is 9.42. The van der Waals surface area contributed by atoms with E-state index in [-0.39, 0.29) is 11.2 Å². The number of hydrogen-bond acceptors (Lipinski definition) is 6. The Morgan fingerprint density at radius 1 is 1.11 bits per heavy atom. The fraction of sp³-hybridized carbons (Fsp3) is 0.188. The molecule has 0 bridgehead atoms. The van der Waals surface area contributed by atoms with Crippen LogP contribution in [0, 0.1) is 11.6 Å². The Labute approximate surface area is 157 Å². The van der Waals surface area contributed by atoms with Crippen LogP contribution in [0.3, 0.4) is 0 Å². The Morgan fingerprint density at radius 3 is 2.41 bits per heavy atom. The minimum atomic E-state index is -4.21. The predicted octanol–water partition coefficient (Wildman–Crippen LogP) is 3.03. The van der Waals surface area contributed by atoms with Crippen LogP contribution in [0.15, 0.2) is 29.3 Å². The van der Waals surface area contributed by atoms with Crippen LogP contribution >= 0.6 is 11.6 Å². The van der Waals surface area contributed by atoms with E-state index in [0.29, 0.717) is 0 Å². The number of hydrogen-bond donors (Lipinski definition) is 1. The Balaban J connectivity index is 2.47. The van der Waals surface area contributed by atoms with Gasteiger partial charge in [0.2, 0.25) is 0 Å². The van der Waals surface area contributed by atoms with Gasteiger partial charge in [-0.15, -0.1) is 0 Å². The Bertz CT molecular complexity index is 1210. The summed E-state index contributed by atoms with van der Waals surface area (Å²) in [7, 11) is -4.21. The highest BCUT2D eigenvalue weighted by atomic mass is 35.5. The summed E-state index contributed by atoms with van der Waals surface area (Å²) in [6.45, 7) is 2.71. The van der Waals surface area contributed by atoms with Crippen molar-refractivity contribution in [3.63, 3.8) is 0 Å². The molecule has 142 valence electrons. The standard InChI is InChI=1S/C16H12ClF2N3O4S/c1-7(2)27(24,25)26-14-11(10-8(18)3-4-9(19)12(10)17)16(23)22-15-13(14)20-5-6-21-15/h3-7H,1-2H3,(H,21,22,23). The van der Waals surface area contributed by atoms with Crippen LogP contribution in [-0.2, 0) is 10.1 Å². The molecule has 3 rings (SSSR count). The van der Waals surface area contributed by atoms with Gasteiger partial charge in [-0.1, -0.05) is 11.6 Å². The van der Waals surface area contributed by atoms with E-state index in [2.05, 4.69) is 15.0 Å². The van der Waals surface area contributed by atoms with Gasteiger partial charge in [-0.3, -0.25) is 4.79 Å². The van der Waals surface area contributed by atoms with Crippen LogP contribution in [0.1, 0.15) is 13.8 Å². The summed E-state index contributed by atoms with van der Waals surface area (Å²) >= 11 is 5.85. The lowest BCUT2D eigenvalue weighted by Crippen LogP contribution is -2.23. The van der Waals surface area contributed by atoms with E-state index < -0.39 is 54.5 Å². The van der Waals surface area contributed by atoms with Gasteiger partial charge >= 0.3 is 10.1 Å². The molecular weight excluding hydrogens is 404 g/mol. The predicted molar refractivity (Wildman–Crippen MR) is 95.2 cm³/mol. The van der Waals surface area contributed by atoms with Crippen molar-refractivity contribution in [2.45, 2.75) is 19.1 Å². The highest BCUT2D eigenvalue weighted by Crippen LogP contribution is 2.39. The molecule has 0 aliphatic rings. The maximum Gasteiger partial charge on any atom is 0.311 e. The summed E-state index contributed by atoms with van der Waals surface area (Å²) < 4.78 is 58.0. The molecule has 27 heavy (non-hydrogen) atoms. The molecule has 0 atom stereocenters. The minimum absolute atomic E-state index is 0.0897. The summed E-state index contributed by atoms with van der Waals surface area (Å²) in [5.74, 6) is -2.62. The zero-order valence-corrected chi connectivity index (χ0v) is 15.5. The average Bonchev–Trinajstić information content (AvgIpc) is 2.60. The highest BCUT2D eigenvalue weighted by Gasteiger charge is 2.28. The van der Waals surface area contributed by atoms with E-state index in [9.17, 15) is 22.0 Å². The van der Waals surface area contributed by atoms with Crippen molar-refractivity contribution in [1.29, 1.82) is 0 Å². The third kappa shape index (κ3) is 3.37. The van der Waals surface area contributed by atoms with Crippen LogP contribution in [0.2, 0.25) is 5.02 Å². The second-order valence-electron chi connectivity index (χ2n) is 5.75. The van der Waals surface area contributed by atoms with Crippen molar-refractivity contribution in [3.8, 4) is 16.9 Å². The van der Waals surface area contributed by atoms with Gasteiger partial charge in [0, 0.05) is 18.0 Å². The van der Waals surface area contributed by atoms with Gasteiger partial charge < -0.3 is 9.17 Å². The number of rotatable bonds is 4. The van der Waals surface area contributed by atoms with Gasteiger partial charge in [0.25, 0.3) is 5.56 Å². The molecule has 0 amide bonds. The zero-order valence-electron chi connectivity index (χ0n) is 14.0. The minimum Gasteiger partial charge on any atom is -0.379 e. The number of pyridine rings is 1. The number of fused-ring (bicyclic) bond motifs is 1. The molecule has 0 aliphatic carbocycles. The number of H-pyrrole nitrogens is 1. The molecule has 0 unspecified atom stereocenters. The largest absolute Gasteiger partial charge is 0.379 e. The third-order valence-electron chi connectivity index (χ3n) is 3.67. The normalized spacial score (nSPS) is 11.9. The molecule has 3 aromatic rings. The topological polar surface area (TPSA) is 102 Å². The lowest BCUT2D eigenvalue weighted by Gasteiger charge is -2.15.